The monoisotopic (exact) mass is 285 g/mol. The molecule has 0 bridgehead atoms. The Kier molecular flexibility index (Phi) is 6.07. The molecule has 0 aliphatic heterocycles. The van der Waals surface area contributed by atoms with E-state index in [1.807, 2.05) is 0 Å². The third kappa shape index (κ3) is 3.75. The average Bonchev–Trinajstić information content (AvgIpc) is 2.86. The van der Waals surface area contributed by atoms with Gasteiger partial charge in [0.2, 0.25) is 5.91 Å². The van der Waals surface area contributed by atoms with Gasteiger partial charge in [0, 0.05) is 26.8 Å². The number of carboxylic acid groups (broad SMARTS) is 1. The number of aromatic nitrogens is 3. The average molecular weight is 285 g/mol. The molecule has 1 atom stereocenters. The first-order chi connectivity index (χ1) is 9.52. The highest BCUT2D eigenvalue weighted by atomic mass is 16.5. The molecule has 0 radical (unpaired) electrons. The number of carboxylic acids is 1. The lowest BCUT2D eigenvalue weighted by molar-refractivity contribution is -0.124. The summed E-state index contributed by atoms with van der Waals surface area (Å²) in [6.07, 6.45) is 0.691. The fourth-order valence-corrected chi connectivity index (χ4v) is 1.67. The van der Waals surface area contributed by atoms with Crippen LogP contribution in [0.25, 0.3) is 0 Å². The van der Waals surface area contributed by atoms with Crippen LogP contribution in [-0.2, 0) is 16.1 Å². The van der Waals surface area contributed by atoms with Crippen LogP contribution in [0.15, 0.2) is 0 Å². The Labute approximate surface area is 116 Å². The van der Waals surface area contributed by atoms with Crippen molar-refractivity contribution in [1.82, 2.24) is 20.3 Å². The number of carbonyl (C=O) groups is 2. The molecule has 0 fully saturated rings. The Hall–Kier alpha value is -2.00. The standard InChI is InChI=1S/C11H19N5O4/c1-7(10(17)13-4-3-5-20-2)16-8(6-12)9(11(18)19)14-15-16/h7H,3-6,12H2,1-2H3,(H,13,17)(H,18,19). The predicted molar refractivity (Wildman–Crippen MR) is 69.1 cm³/mol. The first kappa shape index (κ1) is 16.1. The number of hydrogen-bond donors (Lipinski definition) is 3. The molecule has 1 amide bonds. The Morgan fingerprint density at radius 2 is 2.25 bits per heavy atom. The van der Waals surface area contributed by atoms with Crippen LogP contribution >= 0.6 is 0 Å². The van der Waals surface area contributed by atoms with Crippen LogP contribution in [0.1, 0.15) is 35.6 Å². The van der Waals surface area contributed by atoms with Crippen molar-refractivity contribution in [2.24, 2.45) is 5.73 Å². The van der Waals surface area contributed by atoms with E-state index in [4.69, 9.17) is 15.6 Å². The summed E-state index contributed by atoms with van der Waals surface area (Å²) in [4.78, 5) is 22.9. The van der Waals surface area contributed by atoms with E-state index in [1.54, 1.807) is 14.0 Å². The molecule has 112 valence electrons. The number of ether oxygens (including phenoxy) is 1. The Bertz CT molecular complexity index is 473. The van der Waals surface area contributed by atoms with E-state index in [9.17, 15) is 9.59 Å². The molecule has 0 aromatic carbocycles. The molecule has 20 heavy (non-hydrogen) atoms. The lowest BCUT2D eigenvalue weighted by Crippen LogP contribution is -2.33. The molecule has 1 unspecified atom stereocenters. The number of methoxy groups -OCH3 is 1. The minimum Gasteiger partial charge on any atom is -0.476 e. The highest BCUT2D eigenvalue weighted by Crippen LogP contribution is 2.12. The Balaban J connectivity index is 2.73. The topological polar surface area (TPSA) is 132 Å². The number of nitrogens with two attached hydrogens (primary N) is 1. The Morgan fingerprint density at radius 3 is 2.80 bits per heavy atom. The van der Waals surface area contributed by atoms with Crippen molar-refractivity contribution in [3.05, 3.63) is 11.4 Å². The van der Waals surface area contributed by atoms with Crippen molar-refractivity contribution in [3.63, 3.8) is 0 Å². The van der Waals surface area contributed by atoms with Gasteiger partial charge in [-0.25, -0.2) is 9.48 Å². The fraction of sp³-hybridized carbons (Fsp3) is 0.636. The first-order valence-corrected chi connectivity index (χ1v) is 6.17. The van der Waals surface area contributed by atoms with Gasteiger partial charge in [0.15, 0.2) is 5.69 Å². The number of carbonyl (C=O) groups excluding carboxylic acids is 1. The van der Waals surface area contributed by atoms with E-state index in [2.05, 4.69) is 15.6 Å². The van der Waals surface area contributed by atoms with Crippen LogP contribution in [-0.4, -0.2) is 52.2 Å². The maximum Gasteiger partial charge on any atom is 0.358 e. The second-order valence-electron chi connectivity index (χ2n) is 4.15. The molecule has 0 spiro atoms. The van der Waals surface area contributed by atoms with Gasteiger partial charge in [-0.05, 0) is 13.3 Å². The van der Waals surface area contributed by atoms with Gasteiger partial charge in [-0.1, -0.05) is 5.21 Å². The summed E-state index contributed by atoms with van der Waals surface area (Å²) in [5.74, 6) is -1.50. The summed E-state index contributed by atoms with van der Waals surface area (Å²) in [5, 5.41) is 18.9. The summed E-state index contributed by atoms with van der Waals surface area (Å²) in [7, 11) is 1.58. The van der Waals surface area contributed by atoms with Gasteiger partial charge in [-0.2, -0.15) is 0 Å². The molecule has 1 rings (SSSR count). The molecule has 1 heterocycles. The van der Waals surface area contributed by atoms with Crippen LogP contribution < -0.4 is 11.1 Å². The van der Waals surface area contributed by atoms with Gasteiger partial charge >= 0.3 is 5.97 Å². The van der Waals surface area contributed by atoms with E-state index >= 15 is 0 Å². The summed E-state index contributed by atoms with van der Waals surface area (Å²) < 4.78 is 6.11. The molecule has 0 aliphatic rings. The second-order valence-corrected chi connectivity index (χ2v) is 4.15. The molecule has 4 N–H and O–H groups in total. The smallest absolute Gasteiger partial charge is 0.358 e. The molecule has 1 aromatic heterocycles. The van der Waals surface area contributed by atoms with Crippen molar-refractivity contribution < 1.29 is 19.4 Å². The number of aromatic carboxylic acids is 1. The number of hydrogen-bond acceptors (Lipinski definition) is 6. The van der Waals surface area contributed by atoms with Crippen molar-refractivity contribution in [2.75, 3.05) is 20.3 Å². The minimum atomic E-state index is -1.22. The van der Waals surface area contributed by atoms with Crippen LogP contribution in [0.3, 0.4) is 0 Å². The van der Waals surface area contributed by atoms with Crippen molar-refractivity contribution >= 4 is 11.9 Å². The summed E-state index contributed by atoms with van der Waals surface area (Å²) >= 11 is 0. The quantitative estimate of drug-likeness (QED) is 0.530. The molecule has 1 aromatic rings. The van der Waals surface area contributed by atoms with Gasteiger partial charge in [-0.3, -0.25) is 4.79 Å². The lowest BCUT2D eigenvalue weighted by atomic mass is 10.2. The maximum absolute atomic E-state index is 11.9. The SMILES string of the molecule is COCCCNC(=O)C(C)n1nnc(C(=O)O)c1CN. The molecule has 0 saturated heterocycles. The van der Waals surface area contributed by atoms with Gasteiger partial charge in [0.1, 0.15) is 6.04 Å². The molecule has 0 aliphatic carbocycles. The van der Waals surface area contributed by atoms with Crippen LogP contribution in [0.2, 0.25) is 0 Å². The molecular formula is C11H19N5O4. The Morgan fingerprint density at radius 1 is 1.55 bits per heavy atom. The summed E-state index contributed by atoms with van der Waals surface area (Å²) in [6.45, 7) is 2.56. The van der Waals surface area contributed by atoms with E-state index in [0.717, 1.165) is 0 Å². The molecular weight excluding hydrogens is 266 g/mol. The number of amides is 1. The summed E-state index contributed by atoms with van der Waals surface area (Å²) in [5.41, 5.74) is 5.49. The zero-order chi connectivity index (χ0) is 15.1. The maximum atomic E-state index is 11.9. The van der Waals surface area contributed by atoms with Gasteiger partial charge in [-0.15, -0.1) is 5.10 Å². The second kappa shape index (κ2) is 7.56. The van der Waals surface area contributed by atoms with Gasteiger partial charge < -0.3 is 20.9 Å². The zero-order valence-corrected chi connectivity index (χ0v) is 11.5. The molecule has 9 heteroatoms. The molecule has 0 saturated carbocycles. The highest BCUT2D eigenvalue weighted by Gasteiger charge is 2.24. The summed E-state index contributed by atoms with van der Waals surface area (Å²) in [6, 6.07) is -0.684. The number of rotatable bonds is 8. The van der Waals surface area contributed by atoms with E-state index in [-0.39, 0.29) is 23.8 Å². The minimum absolute atomic E-state index is 0.0596. The van der Waals surface area contributed by atoms with Gasteiger partial charge in [0.25, 0.3) is 0 Å². The van der Waals surface area contributed by atoms with Crippen molar-refractivity contribution in [2.45, 2.75) is 25.9 Å². The van der Waals surface area contributed by atoms with E-state index in [0.29, 0.717) is 19.6 Å². The van der Waals surface area contributed by atoms with Crippen molar-refractivity contribution in [3.8, 4) is 0 Å². The first-order valence-electron chi connectivity index (χ1n) is 6.17. The van der Waals surface area contributed by atoms with Gasteiger partial charge in [0.05, 0.1) is 5.69 Å². The third-order valence-corrected chi connectivity index (χ3v) is 2.76. The third-order valence-electron chi connectivity index (χ3n) is 2.76. The predicted octanol–water partition coefficient (Wildman–Crippen LogP) is -0.851. The fourth-order valence-electron chi connectivity index (χ4n) is 1.67. The normalized spacial score (nSPS) is 12.2. The number of nitrogens with one attached hydrogen (secondary N) is 1. The molecule has 9 nitrogen and oxygen atoms in total. The zero-order valence-electron chi connectivity index (χ0n) is 11.5. The highest BCUT2D eigenvalue weighted by molar-refractivity contribution is 5.87. The van der Waals surface area contributed by atoms with Crippen molar-refractivity contribution in [1.29, 1.82) is 0 Å². The number of nitrogens with zero attached hydrogens (tertiary/aromatic N) is 3. The van der Waals surface area contributed by atoms with E-state index in [1.165, 1.54) is 4.68 Å². The lowest BCUT2D eigenvalue weighted by Gasteiger charge is -2.14. The van der Waals surface area contributed by atoms with Crippen LogP contribution in [0.4, 0.5) is 0 Å². The van der Waals surface area contributed by atoms with Crippen LogP contribution in [0.5, 0.6) is 0 Å². The van der Waals surface area contributed by atoms with E-state index < -0.39 is 12.0 Å². The van der Waals surface area contributed by atoms with Crippen LogP contribution in [0, 0.1) is 0 Å². The largest absolute Gasteiger partial charge is 0.476 e.